The quantitative estimate of drug-likeness (QED) is 0.823. The van der Waals surface area contributed by atoms with Crippen LogP contribution in [-0.2, 0) is 4.79 Å². The van der Waals surface area contributed by atoms with Crippen molar-refractivity contribution in [2.45, 2.75) is 38.0 Å². The van der Waals surface area contributed by atoms with Crippen LogP contribution < -0.4 is 4.74 Å². The summed E-state index contributed by atoms with van der Waals surface area (Å²) in [4.78, 5) is 11.1. The number of benzene rings is 1. The second kappa shape index (κ2) is 5.65. The van der Waals surface area contributed by atoms with E-state index in [4.69, 9.17) is 21.4 Å². The lowest BCUT2D eigenvalue weighted by molar-refractivity contribution is -0.137. The summed E-state index contributed by atoms with van der Waals surface area (Å²) in [6, 6.07) is 5.59. The molecule has 1 aromatic rings. The van der Waals surface area contributed by atoms with Gasteiger partial charge in [0.2, 0.25) is 0 Å². The van der Waals surface area contributed by atoms with Crippen molar-refractivity contribution in [1.82, 2.24) is 0 Å². The number of hydrogen-bond donors (Lipinski definition) is 1. The van der Waals surface area contributed by atoms with Crippen LogP contribution in [-0.4, -0.2) is 17.7 Å². The highest BCUT2D eigenvalue weighted by Gasteiger charge is 2.35. The van der Waals surface area contributed by atoms with Gasteiger partial charge in [-0.15, -0.1) is 0 Å². The zero-order chi connectivity index (χ0) is 14.1. The number of aliphatic carboxylic acids is 1. The molecule has 2 fully saturated rings. The predicted molar refractivity (Wildman–Crippen MR) is 77.4 cm³/mol. The van der Waals surface area contributed by atoms with Crippen LogP contribution in [0.15, 0.2) is 18.2 Å². The molecule has 0 heterocycles. The van der Waals surface area contributed by atoms with Crippen LogP contribution in [0.1, 0.15) is 43.6 Å². The Morgan fingerprint density at radius 1 is 1.35 bits per heavy atom. The fourth-order valence-corrected chi connectivity index (χ4v) is 2.83. The third kappa shape index (κ3) is 3.45. The standard InChI is InChI=1S/C16H19ClO3/c17-12-5-6-15(20-9-10-1-2-10)14(7-12)13(8-16(18)19)11-3-4-11/h5-7,10-11,13H,1-4,8-9H2,(H,18,19). The van der Waals surface area contributed by atoms with E-state index < -0.39 is 5.97 Å². The van der Waals surface area contributed by atoms with Crippen LogP contribution in [0.2, 0.25) is 5.02 Å². The minimum absolute atomic E-state index is 0.0282. The number of carbonyl (C=O) groups is 1. The summed E-state index contributed by atoms with van der Waals surface area (Å²) in [7, 11) is 0. The van der Waals surface area contributed by atoms with Crippen molar-refractivity contribution >= 4 is 17.6 Å². The first-order valence-corrected chi connectivity index (χ1v) is 7.65. The van der Waals surface area contributed by atoms with Gasteiger partial charge in [-0.2, -0.15) is 0 Å². The molecule has 20 heavy (non-hydrogen) atoms. The van der Waals surface area contributed by atoms with E-state index in [1.54, 1.807) is 0 Å². The fourth-order valence-electron chi connectivity index (χ4n) is 2.65. The molecule has 0 aromatic heterocycles. The van der Waals surface area contributed by atoms with Gasteiger partial charge in [-0.25, -0.2) is 0 Å². The highest BCUT2D eigenvalue weighted by Crippen LogP contribution is 2.47. The van der Waals surface area contributed by atoms with Crippen molar-refractivity contribution in [3.8, 4) is 5.75 Å². The van der Waals surface area contributed by atoms with Crippen molar-refractivity contribution in [2.75, 3.05) is 6.61 Å². The lowest BCUT2D eigenvalue weighted by Crippen LogP contribution is -2.11. The maximum Gasteiger partial charge on any atom is 0.303 e. The third-order valence-electron chi connectivity index (χ3n) is 4.13. The summed E-state index contributed by atoms with van der Waals surface area (Å²) in [6.07, 6.45) is 4.85. The number of ether oxygens (including phenoxy) is 1. The second-order valence-corrected chi connectivity index (χ2v) is 6.41. The van der Waals surface area contributed by atoms with Crippen LogP contribution in [0.4, 0.5) is 0 Å². The zero-order valence-electron chi connectivity index (χ0n) is 11.3. The maximum absolute atomic E-state index is 11.1. The number of hydrogen-bond acceptors (Lipinski definition) is 2. The number of halogens is 1. The van der Waals surface area contributed by atoms with Crippen molar-refractivity contribution in [3.05, 3.63) is 28.8 Å². The number of carboxylic acid groups (broad SMARTS) is 1. The Kier molecular flexibility index (Phi) is 3.88. The number of carboxylic acids is 1. The maximum atomic E-state index is 11.1. The molecule has 3 nitrogen and oxygen atoms in total. The molecule has 0 spiro atoms. The van der Waals surface area contributed by atoms with Crippen molar-refractivity contribution in [3.63, 3.8) is 0 Å². The lowest BCUT2D eigenvalue weighted by atomic mass is 9.90. The predicted octanol–water partition coefficient (Wildman–Crippen LogP) is 4.10. The normalized spacial score (nSPS) is 19.6. The summed E-state index contributed by atoms with van der Waals surface area (Å²) in [5.74, 6) is 1.24. The van der Waals surface area contributed by atoms with Gasteiger partial charge < -0.3 is 9.84 Å². The highest BCUT2D eigenvalue weighted by molar-refractivity contribution is 6.30. The largest absolute Gasteiger partial charge is 0.493 e. The van der Waals surface area contributed by atoms with Crippen LogP contribution in [0.25, 0.3) is 0 Å². The molecule has 108 valence electrons. The van der Waals surface area contributed by atoms with E-state index in [9.17, 15) is 4.79 Å². The summed E-state index contributed by atoms with van der Waals surface area (Å²) in [5, 5.41) is 9.78. The molecule has 4 heteroatoms. The summed E-state index contributed by atoms with van der Waals surface area (Å²) in [5.41, 5.74) is 0.975. The molecule has 0 bridgehead atoms. The molecular weight excluding hydrogens is 276 g/mol. The van der Waals surface area contributed by atoms with E-state index in [0.717, 1.165) is 30.8 Å². The summed E-state index contributed by atoms with van der Waals surface area (Å²) >= 11 is 6.09. The number of rotatable bonds is 7. The molecule has 0 amide bonds. The molecule has 1 N–H and O–H groups in total. The van der Waals surface area contributed by atoms with Gasteiger partial charge in [-0.05, 0) is 61.3 Å². The smallest absolute Gasteiger partial charge is 0.303 e. The molecule has 0 radical (unpaired) electrons. The molecule has 2 saturated carbocycles. The minimum atomic E-state index is -0.755. The van der Waals surface area contributed by atoms with E-state index in [0.29, 0.717) is 16.9 Å². The molecule has 2 aliphatic rings. The van der Waals surface area contributed by atoms with Crippen LogP contribution in [0.5, 0.6) is 5.75 Å². The van der Waals surface area contributed by atoms with Gasteiger partial charge in [0, 0.05) is 10.9 Å². The SMILES string of the molecule is O=C(O)CC(c1cc(Cl)ccc1OCC1CC1)C1CC1. The molecule has 0 saturated heterocycles. The second-order valence-electron chi connectivity index (χ2n) is 5.98. The van der Waals surface area contributed by atoms with E-state index in [1.807, 2.05) is 18.2 Å². The molecule has 1 atom stereocenters. The van der Waals surface area contributed by atoms with Crippen LogP contribution >= 0.6 is 11.6 Å². The molecule has 3 rings (SSSR count). The minimum Gasteiger partial charge on any atom is -0.493 e. The Balaban J connectivity index is 1.82. The molecule has 1 aromatic carbocycles. The Morgan fingerprint density at radius 2 is 2.10 bits per heavy atom. The van der Waals surface area contributed by atoms with Gasteiger partial charge in [0.25, 0.3) is 0 Å². The van der Waals surface area contributed by atoms with Crippen molar-refractivity contribution in [2.24, 2.45) is 11.8 Å². The molecule has 0 aliphatic heterocycles. The summed E-state index contributed by atoms with van der Waals surface area (Å²) in [6.45, 7) is 0.735. The highest BCUT2D eigenvalue weighted by atomic mass is 35.5. The topological polar surface area (TPSA) is 46.5 Å². The van der Waals surface area contributed by atoms with E-state index in [-0.39, 0.29) is 12.3 Å². The summed E-state index contributed by atoms with van der Waals surface area (Å²) < 4.78 is 5.90. The Morgan fingerprint density at radius 3 is 2.70 bits per heavy atom. The van der Waals surface area contributed by atoms with Crippen molar-refractivity contribution in [1.29, 1.82) is 0 Å². The van der Waals surface area contributed by atoms with E-state index in [1.165, 1.54) is 12.8 Å². The Hall–Kier alpha value is -1.22. The van der Waals surface area contributed by atoms with Gasteiger partial charge in [0.05, 0.1) is 13.0 Å². The average Bonchev–Trinajstić information content (AvgIpc) is 3.27. The van der Waals surface area contributed by atoms with E-state index in [2.05, 4.69) is 0 Å². The first kappa shape index (κ1) is 13.7. The monoisotopic (exact) mass is 294 g/mol. The van der Waals surface area contributed by atoms with E-state index >= 15 is 0 Å². The third-order valence-corrected chi connectivity index (χ3v) is 4.36. The van der Waals surface area contributed by atoms with Gasteiger partial charge in [0.15, 0.2) is 0 Å². The van der Waals surface area contributed by atoms with Gasteiger partial charge in [-0.3, -0.25) is 4.79 Å². The van der Waals surface area contributed by atoms with Gasteiger partial charge in [0.1, 0.15) is 5.75 Å². The molecule has 1 unspecified atom stereocenters. The van der Waals surface area contributed by atoms with Crippen molar-refractivity contribution < 1.29 is 14.6 Å². The fraction of sp³-hybridized carbons (Fsp3) is 0.562. The first-order valence-electron chi connectivity index (χ1n) is 7.27. The molecule has 2 aliphatic carbocycles. The zero-order valence-corrected chi connectivity index (χ0v) is 12.1. The average molecular weight is 295 g/mol. The van der Waals surface area contributed by atoms with Crippen LogP contribution in [0.3, 0.4) is 0 Å². The van der Waals surface area contributed by atoms with Gasteiger partial charge >= 0.3 is 5.97 Å². The Bertz CT molecular complexity index is 506. The van der Waals surface area contributed by atoms with Crippen LogP contribution in [0, 0.1) is 11.8 Å². The molecular formula is C16H19ClO3. The Labute approximate surface area is 123 Å². The van der Waals surface area contributed by atoms with Gasteiger partial charge in [-0.1, -0.05) is 11.6 Å². The lowest BCUT2D eigenvalue weighted by Gasteiger charge is -2.19. The first-order chi connectivity index (χ1) is 9.63.